The smallest absolute Gasteiger partial charge is 0.128 e. The second-order valence-corrected chi connectivity index (χ2v) is 7.53. The SMILES string of the molecule is CC(C)(C)c1csc(C2CN(c3ccc(C#N)cn3)CCO2)n1. The molecule has 1 aliphatic rings. The van der Waals surface area contributed by atoms with E-state index in [1.165, 1.54) is 0 Å². The highest BCUT2D eigenvalue weighted by atomic mass is 32.1. The van der Waals surface area contributed by atoms with Crippen molar-refractivity contribution in [2.24, 2.45) is 0 Å². The van der Waals surface area contributed by atoms with Crippen molar-refractivity contribution in [3.63, 3.8) is 0 Å². The van der Waals surface area contributed by atoms with Crippen LogP contribution < -0.4 is 4.90 Å². The quantitative estimate of drug-likeness (QED) is 0.846. The van der Waals surface area contributed by atoms with Crippen LogP contribution >= 0.6 is 11.3 Å². The van der Waals surface area contributed by atoms with Gasteiger partial charge in [0.05, 0.1) is 24.4 Å². The fourth-order valence-electron chi connectivity index (χ4n) is 2.43. The Morgan fingerprint density at radius 2 is 2.22 bits per heavy atom. The number of morpholine rings is 1. The Hall–Kier alpha value is -1.97. The van der Waals surface area contributed by atoms with Crippen molar-refractivity contribution in [1.82, 2.24) is 9.97 Å². The van der Waals surface area contributed by atoms with Crippen LogP contribution in [0.3, 0.4) is 0 Å². The van der Waals surface area contributed by atoms with E-state index in [1.807, 2.05) is 6.07 Å². The lowest BCUT2D eigenvalue weighted by Gasteiger charge is -2.32. The van der Waals surface area contributed by atoms with Gasteiger partial charge in [0.15, 0.2) is 0 Å². The van der Waals surface area contributed by atoms with Crippen molar-refractivity contribution in [2.75, 3.05) is 24.6 Å². The zero-order chi connectivity index (χ0) is 16.4. The number of anilines is 1. The maximum Gasteiger partial charge on any atom is 0.128 e. The molecule has 0 bridgehead atoms. The first kappa shape index (κ1) is 15.9. The van der Waals surface area contributed by atoms with Crippen LogP contribution in [-0.2, 0) is 10.2 Å². The predicted octanol–water partition coefficient (Wildman–Crippen LogP) is 3.29. The monoisotopic (exact) mass is 328 g/mol. The van der Waals surface area contributed by atoms with Crippen LogP contribution in [0.4, 0.5) is 5.82 Å². The van der Waals surface area contributed by atoms with E-state index in [9.17, 15) is 0 Å². The van der Waals surface area contributed by atoms with Crippen molar-refractivity contribution in [1.29, 1.82) is 5.26 Å². The van der Waals surface area contributed by atoms with Gasteiger partial charge >= 0.3 is 0 Å². The Kier molecular flexibility index (Phi) is 4.33. The summed E-state index contributed by atoms with van der Waals surface area (Å²) in [5, 5.41) is 12.0. The molecule has 0 aliphatic carbocycles. The van der Waals surface area contributed by atoms with Crippen molar-refractivity contribution >= 4 is 17.2 Å². The minimum Gasteiger partial charge on any atom is -0.367 e. The van der Waals surface area contributed by atoms with Crippen molar-refractivity contribution < 1.29 is 4.74 Å². The number of hydrogen-bond donors (Lipinski definition) is 0. The zero-order valence-corrected chi connectivity index (χ0v) is 14.4. The molecule has 6 heteroatoms. The molecular formula is C17H20N4OS. The average molecular weight is 328 g/mol. The maximum absolute atomic E-state index is 8.87. The van der Waals surface area contributed by atoms with Gasteiger partial charge in [0.25, 0.3) is 0 Å². The molecule has 3 rings (SSSR count). The molecule has 120 valence electrons. The first-order valence-electron chi connectivity index (χ1n) is 7.66. The lowest BCUT2D eigenvalue weighted by molar-refractivity contribution is 0.0392. The molecule has 2 aromatic heterocycles. The van der Waals surface area contributed by atoms with E-state index in [0.29, 0.717) is 12.2 Å². The molecule has 3 heterocycles. The highest BCUT2D eigenvalue weighted by Gasteiger charge is 2.27. The molecule has 23 heavy (non-hydrogen) atoms. The van der Waals surface area contributed by atoms with Crippen LogP contribution in [0.5, 0.6) is 0 Å². The standard InChI is InChI=1S/C17H20N4OS/c1-17(2,3)14-11-23-16(20-14)13-10-21(6-7-22-13)15-5-4-12(8-18)9-19-15/h4-5,9,11,13H,6-7,10H2,1-3H3. The topological polar surface area (TPSA) is 62.0 Å². The fourth-order valence-corrected chi connectivity index (χ4v) is 3.51. The van der Waals surface area contributed by atoms with E-state index < -0.39 is 0 Å². The summed E-state index contributed by atoms with van der Waals surface area (Å²) in [6, 6.07) is 5.79. The minimum atomic E-state index is -0.0257. The first-order valence-corrected chi connectivity index (χ1v) is 8.54. The minimum absolute atomic E-state index is 0.0257. The molecule has 0 saturated carbocycles. The molecule has 0 amide bonds. The van der Waals surface area contributed by atoms with Crippen molar-refractivity contribution in [3.05, 3.63) is 40.0 Å². The Morgan fingerprint density at radius 1 is 1.39 bits per heavy atom. The Balaban J connectivity index is 1.75. The zero-order valence-electron chi connectivity index (χ0n) is 13.6. The summed E-state index contributed by atoms with van der Waals surface area (Å²) in [5.74, 6) is 0.880. The summed E-state index contributed by atoms with van der Waals surface area (Å²) in [4.78, 5) is 11.3. The van der Waals surface area contributed by atoms with Gasteiger partial charge in [0.2, 0.25) is 0 Å². The van der Waals surface area contributed by atoms with Crippen LogP contribution in [0.25, 0.3) is 0 Å². The number of ether oxygens (including phenoxy) is 1. The Morgan fingerprint density at radius 3 is 2.83 bits per heavy atom. The molecule has 1 saturated heterocycles. The Labute approximate surface area is 140 Å². The third-order valence-corrected chi connectivity index (χ3v) is 4.77. The second kappa shape index (κ2) is 6.26. The van der Waals surface area contributed by atoms with Gasteiger partial charge in [-0.15, -0.1) is 11.3 Å². The van der Waals surface area contributed by atoms with Gasteiger partial charge in [-0.05, 0) is 12.1 Å². The Bertz CT molecular complexity index is 711. The number of aromatic nitrogens is 2. The third kappa shape index (κ3) is 3.52. The summed E-state index contributed by atoms with van der Waals surface area (Å²) in [6.45, 7) is 8.68. The highest BCUT2D eigenvalue weighted by molar-refractivity contribution is 7.09. The number of nitriles is 1. The van der Waals surface area contributed by atoms with Crippen LogP contribution in [0, 0.1) is 11.3 Å². The normalized spacial score (nSPS) is 18.7. The molecular weight excluding hydrogens is 308 g/mol. The predicted molar refractivity (Wildman–Crippen MR) is 90.7 cm³/mol. The van der Waals surface area contributed by atoms with Crippen LogP contribution in [0.2, 0.25) is 0 Å². The summed E-state index contributed by atoms with van der Waals surface area (Å²) in [5.41, 5.74) is 1.74. The first-order chi connectivity index (χ1) is 11.0. The van der Waals surface area contributed by atoms with Gasteiger partial charge in [0.1, 0.15) is 23.0 Å². The van der Waals surface area contributed by atoms with E-state index in [2.05, 4.69) is 42.1 Å². The number of thiazole rings is 1. The molecule has 1 fully saturated rings. The number of rotatable bonds is 2. The van der Waals surface area contributed by atoms with Gasteiger partial charge in [0, 0.05) is 23.5 Å². The van der Waals surface area contributed by atoms with E-state index in [0.717, 1.165) is 29.6 Å². The molecule has 2 aromatic rings. The molecule has 1 atom stereocenters. The lowest BCUT2D eigenvalue weighted by atomic mass is 9.93. The molecule has 1 unspecified atom stereocenters. The highest BCUT2D eigenvalue weighted by Crippen LogP contribution is 2.31. The number of pyridine rings is 1. The van der Waals surface area contributed by atoms with Gasteiger partial charge in [-0.2, -0.15) is 5.26 Å². The fraction of sp³-hybridized carbons (Fsp3) is 0.471. The molecule has 5 nitrogen and oxygen atoms in total. The second-order valence-electron chi connectivity index (χ2n) is 6.64. The number of hydrogen-bond acceptors (Lipinski definition) is 6. The third-order valence-electron chi connectivity index (χ3n) is 3.83. The van der Waals surface area contributed by atoms with Crippen LogP contribution in [0.1, 0.15) is 43.1 Å². The van der Waals surface area contributed by atoms with Gasteiger partial charge in [-0.3, -0.25) is 0 Å². The van der Waals surface area contributed by atoms with E-state index in [4.69, 9.17) is 15.0 Å². The molecule has 1 aliphatic heterocycles. The summed E-state index contributed by atoms with van der Waals surface area (Å²) in [6.07, 6.45) is 1.59. The lowest BCUT2D eigenvalue weighted by Crippen LogP contribution is -2.38. The average Bonchev–Trinajstić information content (AvgIpc) is 3.05. The van der Waals surface area contributed by atoms with Crippen LogP contribution in [-0.4, -0.2) is 29.7 Å². The van der Waals surface area contributed by atoms with Gasteiger partial charge in [-0.1, -0.05) is 20.8 Å². The number of nitrogens with zero attached hydrogens (tertiary/aromatic N) is 4. The summed E-state index contributed by atoms with van der Waals surface area (Å²) < 4.78 is 5.91. The molecule has 0 radical (unpaired) electrons. The van der Waals surface area contributed by atoms with Crippen molar-refractivity contribution in [3.8, 4) is 6.07 Å². The molecule has 0 aromatic carbocycles. The summed E-state index contributed by atoms with van der Waals surface area (Å²) >= 11 is 1.66. The van der Waals surface area contributed by atoms with Gasteiger partial charge < -0.3 is 9.64 Å². The largest absolute Gasteiger partial charge is 0.367 e. The summed E-state index contributed by atoms with van der Waals surface area (Å²) in [7, 11) is 0. The van der Waals surface area contributed by atoms with E-state index in [-0.39, 0.29) is 11.5 Å². The van der Waals surface area contributed by atoms with E-state index in [1.54, 1.807) is 23.6 Å². The molecule has 0 spiro atoms. The molecule has 0 N–H and O–H groups in total. The van der Waals surface area contributed by atoms with Gasteiger partial charge in [-0.25, -0.2) is 9.97 Å². The maximum atomic E-state index is 8.87. The van der Waals surface area contributed by atoms with E-state index >= 15 is 0 Å². The van der Waals surface area contributed by atoms with Crippen LogP contribution in [0.15, 0.2) is 23.7 Å². The van der Waals surface area contributed by atoms with Crippen molar-refractivity contribution in [2.45, 2.75) is 32.3 Å².